The van der Waals surface area contributed by atoms with Crippen molar-refractivity contribution in [3.05, 3.63) is 66.0 Å². The fraction of sp³-hybridized carbons (Fsp3) is 0.222. The molecule has 0 saturated carbocycles. The third kappa shape index (κ3) is 3.78. The van der Waals surface area contributed by atoms with Crippen LogP contribution in [0.4, 0.5) is 10.1 Å². The SMILES string of the molecule is O=C(Nc1ccccc1)[C@@H]1COCC(=O)N1Cc1ccc(F)cc1. The summed E-state index contributed by atoms with van der Waals surface area (Å²) in [7, 11) is 0. The first-order valence-electron chi connectivity index (χ1n) is 7.61. The van der Waals surface area contributed by atoms with E-state index in [1.807, 2.05) is 18.2 Å². The van der Waals surface area contributed by atoms with Gasteiger partial charge in [-0.3, -0.25) is 9.59 Å². The molecule has 0 aliphatic carbocycles. The van der Waals surface area contributed by atoms with Gasteiger partial charge in [0.2, 0.25) is 11.8 Å². The van der Waals surface area contributed by atoms with Crippen LogP contribution in [0.2, 0.25) is 0 Å². The Kier molecular flexibility index (Phi) is 4.86. The maximum Gasteiger partial charge on any atom is 0.249 e. The summed E-state index contributed by atoms with van der Waals surface area (Å²) in [5.74, 6) is -0.916. The van der Waals surface area contributed by atoms with E-state index in [9.17, 15) is 14.0 Å². The number of para-hydroxylation sites is 1. The van der Waals surface area contributed by atoms with E-state index in [0.717, 1.165) is 5.56 Å². The van der Waals surface area contributed by atoms with Crippen LogP contribution >= 0.6 is 0 Å². The Labute approximate surface area is 139 Å². The number of anilines is 1. The number of nitrogens with one attached hydrogen (secondary N) is 1. The van der Waals surface area contributed by atoms with Crippen molar-refractivity contribution in [2.75, 3.05) is 18.5 Å². The number of carbonyl (C=O) groups excluding carboxylic acids is 2. The smallest absolute Gasteiger partial charge is 0.249 e. The summed E-state index contributed by atoms with van der Waals surface area (Å²) in [5, 5.41) is 2.78. The van der Waals surface area contributed by atoms with Gasteiger partial charge < -0.3 is 15.0 Å². The van der Waals surface area contributed by atoms with Gasteiger partial charge in [0.25, 0.3) is 0 Å². The molecule has 1 aliphatic rings. The number of nitrogens with zero attached hydrogens (tertiary/aromatic N) is 1. The Morgan fingerprint density at radius 1 is 1.17 bits per heavy atom. The van der Waals surface area contributed by atoms with Crippen LogP contribution in [-0.2, 0) is 20.9 Å². The highest BCUT2D eigenvalue weighted by atomic mass is 19.1. The van der Waals surface area contributed by atoms with Crippen molar-refractivity contribution in [1.82, 2.24) is 4.90 Å². The summed E-state index contributed by atoms with van der Waals surface area (Å²) in [5.41, 5.74) is 1.41. The number of halogens is 1. The molecule has 1 aliphatic heterocycles. The maximum absolute atomic E-state index is 13.0. The molecule has 0 radical (unpaired) electrons. The average Bonchev–Trinajstić information content (AvgIpc) is 2.59. The van der Waals surface area contributed by atoms with Gasteiger partial charge in [-0.25, -0.2) is 4.39 Å². The van der Waals surface area contributed by atoms with E-state index in [1.165, 1.54) is 17.0 Å². The molecule has 0 bridgehead atoms. The minimum atomic E-state index is -0.725. The Morgan fingerprint density at radius 2 is 1.88 bits per heavy atom. The Balaban J connectivity index is 1.75. The zero-order valence-corrected chi connectivity index (χ0v) is 12.9. The van der Waals surface area contributed by atoms with E-state index >= 15 is 0 Å². The first-order chi connectivity index (χ1) is 11.6. The van der Waals surface area contributed by atoms with E-state index in [4.69, 9.17) is 4.74 Å². The molecule has 6 heteroatoms. The Morgan fingerprint density at radius 3 is 2.58 bits per heavy atom. The molecule has 1 fully saturated rings. The van der Waals surface area contributed by atoms with Crippen molar-refractivity contribution in [1.29, 1.82) is 0 Å². The summed E-state index contributed by atoms with van der Waals surface area (Å²) in [6, 6.07) is 14.2. The molecule has 124 valence electrons. The number of morpholine rings is 1. The fourth-order valence-corrected chi connectivity index (χ4v) is 2.55. The van der Waals surface area contributed by atoms with Gasteiger partial charge in [0, 0.05) is 12.2 Å². The van der Waals surface area contributed by atoms with Crippen molar-refractivity contribution in [2.24, 2.45) is 0 Å². The molecule has 1 saturated heterocycles. The number of rotatable bonds is 4. The quantitative estimate of drug-likeness (QED) is 0.936. The predicted octanol–water partition coefficient (Wildman–Crippen LogP) is 2.19. The van der Waals surface area contributed by atoms with Crippen LogP contribution in [0, 0.1) is 5.82 Å². The second kappa shape index (κ2) is 7.23. The topological polar surface area (TPSA) is 58.6 Å². The Hall–Kier alpha value is -2.73. The van der Waals surface area contributed by atoms with Crippen LogP contribution in [0.1, 0.15) is 5.56 Å². The second-order valence-corrected chi connectivity index (χ2v) is 5.53. The zero-order chi connectivity index (χ0) is 16.9. The van der Waals surface area contributed by atoms with Gasteiger partial charge in [-0.2, -0.15) is 0 Å². The minimum absolute atomic E-state index is 0.0592. The molecular weight excluding hydrogens is 311 g/mol. The molecule has 3 rings (SSSR count). The van der Waals surface area contributed by atoms with Gasteiger partial charge in [-0.1, -0.05) is 30.3 Å². The molecule has 5 nitrogen and oxygen atoms in total. The summed E-state index contributed by atoms with van der Waals surface area (Å²) in [4.78, 5) is 26.2. The highest BCUT2D eigenvalue weighted by molar-refractivity contribution is 5.97. The summed E-state index contributed by atoms with van der Waals surface area (Å²) in [6.07, 6.45) is 0. The molecule has 24 heavy (non-hydrogen) atoms. The van der Waals surface area contributed by atoms with Crippen LogP contribution in [0.25, 0.3) is 0 Å². The summed E-state index contributed by atoms with van der Waals surface area (Å²) in [6.45, 7) is 0.303. The largest absolute Gasteiger partial charge is 0.369 e. The third-order valence-corrected chi connectivity index (χ3v) is 3.81. The third-order valence-electron chi connectivity index (χ3n) is 3.81. The number of carbonyl (C=O) groups is 2. The molecule has 0 spiro atoms. The van der Waals surface area contributed by atoms with Gasteiger partial charge in [0.05, 0.1) is 6.61 Å². The van der Waals surface area contributed by atoms with Crippen LogP contribution in [0.15, 0.2) is 54.6 Å². The van der Waals surface area contributed by atoms with Crippen molar-refractivity contribution >= 4 is 17.5 Å². The highest BCUT2D eigenvalue weighted by Gasteiger charge is 2.34. The molecule has 2 amide bonds. The predicted molar refractivity (Wildman–Crippen MR) is 86.6 cm³/mol. The minimum Gasteiger partial charge on any atom is -0.369 e. The van der Waals surface area contributed by atoms with E-state index in [0.29, 0.717) is 5.69 Å². The van der Waals surface area contributed by atoms with E-state index in [2.05, 4.69) is 5.32 Å². The number of hydrogen-bond donors (Lipinski definition) is 1. The first-order valence-corrected chi connectivity index (χ1v) is 7.61. The molecular formula is C18H17FN2O3. The van der Waals surface area contributed by atoms with E-state index in [-0.39, 0.29) is 37.4 Å². The number of hydrogen-bond acceptors (Lipinski definition) is 3. The zero-order valence-electron chi connectivity index (χ0n) is 12.9. The first kappa shape index (κ1) is 16.1. The Bertz CT molecular complexity index is 719. The molecule has 2 aromatic rings. The van der Waals surface area contributed by atoms with Crippen LogP contribution in [0.3, 0.4) is 0 Å². The monoisotopic (exact) mass is 328 g/mol. The van der Waals surface area contributed by atoms with Crippen LogP contribution in [-0.4, -0.2) is 36.0 Å². The maximum atomic E-state index is 13.0. The van der Waals surface area contributed by atoms with Crippen molar-refractivity contribution < 1.29 is 18.7 Å². The van der Waals surface area contributed by atoms with Crippen molar-refractivity contribution in [2.45, 2.75) is 12.6 Å². The van der Waals surface area contributed by atoms with Crippen molar-refractivity contribution in [3.63, 3.8) is 0 Å². The van der Waals surface area contributed by atoms with Gasteiger partial charge >= 0.3 is 0 Å². The molecule has 0 unspecified atom stereocenters. The standard InChI is InChI=1S/C18H17FN2O3/c19-14-8-6-13(7-9-14)10-21-16(11-24-12-17(21)22)18(23)20-15-4-2-1-3-5-15/h1-9,16H,10-12H2,(H,20,23)/t16-/m0/s1. The molecule has 1 N–H and O–H groups in total. The molecule has 1 atom stereocenters. The van der Waals surface area contributed by atoms with Gasteiger partial charge in [0.1, 0.15) is 18.5 Å². The second-order valence-electron chi connectivity index (χ2n) is 5.53. The van der Waals surface area contributed by atoms with E-state index in [1.54, 1.807) is 24.3 Å². The van der Waals surface area contributed by atoms with Gasteiger partial charge in [-0.15, -0.1) is 0 Å². The normalized spacial score (nSPS) is 17.6. The lowest BCUT2D eigenvalue weighted by Crippen LogP contribution is -2.54. The van der Waals surface area contributed by atoms with Gasteiger partial charge in [0.15, 0.2) is 0 Å². The fourth-order valence-electron chi connectivity index (χ4n) is 2.55. The van der Waals surface area contributed by atoms with Gasteiger partial charge in [-0.05, 0) is 29.8 Å². The highest BCUT2D eigenvalue weighted by Crippen LogP contribution is 2.16. The lowest BCUT2D eigenvalue weighted by atomic mass is 10.1. The lowest BCUT2D eigenvalue weighted by Gasteiger charge is -2.34. The number of benzene rings is 2. The summed E-state index contributed by atoms with van der Waals surface area (Å²) >= 11 is 0. The summed E-state index contributed by atoms with van der Waals surface area (Å²) < 4.78 is 18.3. The van der Waals surface area contributed by atoms with E-state index < -0.39 is 6.04 Å². The molecule has 2 aromatic carbocycles. The van der Waals surface area contributed by atoms with Crippen LogP contribution in [0.5, 0.6) is 0 Å². The molecule has 1 heterocycles. The number of amides is 2. The average molecular weight is 328 g/mol. The number of ether oxygens (including phenoxy) is 1. The molecule has 0 aromatic heterocycles. The van der Waals surface area contributed by atoms with Crippen LogP contribution < -0.4 is 5.32 Å². The van der Waals surface area contributed by atoms with Crippen molar-refractivity contribution in [3.8, 4) is 0 Å². The lowest BCUT2D eigenvalue weighted by molar-refractivity contribution is -0.154.